The molecule has 1 fully saturated rings. The first-order chi connectivity index (χ1) is 8.87. The van der Waals surface area contributed by atoms with Gasteiger partial charge >= 0.3 is 0 Å². The Bertz CT molecular complexity index is 566. The van der Waals surface area contributed by atoms with Gasteiger partial charge < -0.3 is 9.42 Å². The molecule has 1 N–H and O–H groups in total. The lowest BCUT2D eigenvalue weighted by Crippen LogP contribution is -2.39. The maximum atomic E-state index is 12.0. The Morgan fingerprint density at radius 3 is 2.95 bits per heavy atom. The van der Waals surface area contributed by atoms with Crippen LogP contribution in [0.1, 0.15) is 30.3 Å². The lowest BCUT2D eigenvalue weighted by Gasteiger charge is -2.22. The lowest BCUT2D eigenvalue weighted by atomic mass is 10.1. The molecule has 1 aromatic rings. The van der Waals surface area contributed by atoms with Gasteiger partial charge in [-0.2, -0.15) is 0 Å². The number of amides is 1. The number of rotatable bonds is 4. The van der Waals surface area contributed by atoms with Crippen LogP contribution in [0.15, 0.2) is 10.6 Å². The van der Waals surface area contributed by atoms with Gasteiger partial charge in [0.1, 0.15) is 0 Å². The summed E-state index contributed by atoms with van der Waals surface area (Å²) in [5.41, 5.74) is 0.767. The minimum absolute atomic E-state index is 0.143. The largest absolute Gasteiger partial charge is 0.359 e. The van der Waals surface area contributed by atoms with Crippen molar-refractivity contribution in [1.29, 1.82) is 0 Å². The maximum Gasteiger partial charge on any atom is 0.238 e. The zero-order valence-corrected chi connectivity index (χ0v) is 11.7. The van der Waals surface area contributed by atoms with E-state index in [9.17, 15) is 13.2 Å². The van der Waals surface area contributed by atoms with Crippen molar-refractivity contribution in [3.8, 4) is 0 Å². The van der Waals surface area contributed by atoms with Crippen LogP contribution in [0.3, 0.4) is 0 Å². The van der Waals surface area contributed by atoms with Crippen LogP contribution >= 0.6 is 0 Å². The molecule has 2 rings (SSSR count). The predicted octanol–water partition coefficient (Wildman–Crippen LogP) is 0.196. The molecule has 2 heterocycles. The summed E-state index contributed by atoms with van der Waals surface area (Å²) in [6.07, 6.45) is 2.70. The van der Waals surface area contributed by atoms with Gasteiger partial charge in [0.05, 0.1) is 24.5 Å². The minimum Gasteiger partial charge on any atom is -0.359 e. The van der Waals surface area contributed by atoms with E-state index < -0.39 is 10.0 Å². The first-order valence-electron chi connectivity index (χ1n) is 6.04. The lowest BCUT2D eigenvalue weighted by molar-refractivity contribution is -0.131. The molecule has 7 nitrogen and oxygen atoms in total. The van der Waals surface area contributed by atoms with E-state index >= 15 is 0 Å². The zero-order chi connectivity index (χ0) is 14.0. The van der Waals surface area contributed by atoms with E-state index in [1.54, 1.807) is 11.0 Å². The van der Waals surface area contributed by atoms with Crippen molar-refractivity contribution in [3.63, 3.8) is 0 Å². The summed E-state index contributed by atoms with van der Waals surface area (Å²) >= 11 is 0. The Morgan fingerprint density at radius 2 is 2.37 bits per heavy atom. The SMILES string of the molecule is Cc1cc([C@@H]2CCCN2C(=O)CNS(C)(=O)=O)on1. The highest BCUT2D eigenvalue weighted by Crippen LogP contribution is 2.32. The van der Waals surface area contributed by atoms with Gasteiger partial charge in [0.2, 0.25) is 15.9 Å². The highest BCUT2D eigenvalue weighted by atomic mass is 32.2. The third-order valence-corrected chi connectivity index (χ3v) is 3.70. The average Bonchev–Trinajstić information content (AvgIpc) is 2.92. The van der Waals surface area contributed by atoms with Crippen LogP contribution in [0.2, 0.25) is 0 Å². The monoisotopic (exact) mass is 287 g/mol. The molecular weight excluding hydrogens is 270 g/mol. The molecule has 0 aliphatic carbocycles. The summed E-state index contributed by atoms with van der Waals surface area (Å²) in [5.74, 6) is 0.407. The number of nitrogens with one attached hydrogen (secondary N) is 1. The quantitative estimate of drug-likeness (QED) is 0.853. The van der Waals surface area contributed by atoms with Gasteiger partial charge in [-0.05, 0) is 19.8 Å². The van der Waals surface area contributed by atoms with Crippen LogP contribution in [-0.4, -0.2) is 43.7 Å². The van der Waals surface area contributed by atoms with Crippen LogP contribution in [0.4, 0.5) is 0 Å². The van der Waals surface area contributed by atoms with E-state index in [0.29, 0.717) is 12.3 Å². The molecule has 1 aliphatic heterocycles. The molecule has 106 valence electrons. The first-order valence-corrected chi connectivity index (χ1v) is 7.93. The Hall–Kier alpha value is -1.41. The van der Waals surface area contributed by atoms with Crippen molar-refractivity contribution in [1.82, 2.24) is 14.8 Å². The molecule has 0 spiro atoms. The number of likely N-dealkylation sites (tertiary alicyclic amines) is 1. The van der Waals surface area contributed by atoms with Crippen LogP contribution in [0, 0.1) is 6.92 Å². The average molecular weight is 287 g/mol. The third-order valence-electron chi connectivity index (χ3n) is 3.03. The van der Waals surface area contributed by atoms with Gasteiger partial charge in [-0.3, -0.25) is 4.79 Å². The van der Waals surface area contributed by atoms with Gasteiger partial charge in [-0.1, -0.05) is 5.16 Å². The summed E-state index contributed by atoms with van der Waals surface area (Å²) in [7, 11) is -3.36. The van der Waals surface area contributed by atoms with E-state index in [1.165, 1.54) is 0 Å². The summed E-state index contributed by atoms with van der Waals surface area (Å²) in [4.78, 5) is 13.7. The fraction of sp³-hybridized carbons (Fsp3) is 0.636. The van der Waals surface area contributed by atoms with Crippen LogP contribution in [0.5, 0.6) is 0 Å². The molecule has 1 atom stereocenters. The van der Waals surface area contributed by atoms with E-state index in [4.69, 9.17) is 4.52 Å². The Labute approximate surface area is 112 Å². The molecule has 1 aliphatic rings. The van der Waals surface area contributed by atoms with Gasteiger partial charge in [-0.15, -0.1) is 0 Å². The Kier molecular flexibility index (Phi) is 3.91. The number of aromatic nitrogens is 1. The summed E-state index contributed by atoms with van der Waals surface area (Å²) in [5, 5.41) is 3.82. The number of nitrogens with zero attached hydrogens (tertiary/aromatic N) is 2. The molecule has 0 unspecified atom stereocenters. The molecule has 0 radical (unpaired) electrons. The normalized spacial score (nSPS) is 19.9. The standard InChI is InChI=1S/C11H17N3O4S/c1-8-6-10(18-13-8)9-4-3-5-14(9)11(15)7-12-19(2,16)17/h6,9,12H,3-5,7H2,1-2H3/t9-/m0/s1. The number of sulfonamides is 1. The maximum absolute atomic E-state index is 12.0. The van der Waals surface area contributed by atoms with Gasteiger partial charge in [-0.25, -0.2) is 13.1 Å². The fourth-order valence-corrected chi connectivity index (χ4v) is 2.58. The van der Waals surface area contributed by atoms with Gasteiger partial charge in [0.25, 0.3) is 0 Å². The smallest absolute Gasteiger partial charge is 0.238 e. The van der Waals surface area contributed by atoms with E-state index in [-0.39, 0.29) is 18.5 Å². The van der Waals surface area contributed by atoms with Crippen molar-refractivity contribution in [2.24, 2.45) is 0 Å². The topological polar surface area (TPSA) is 92.5 Å². The first kappa shape index (κ1) is 14.0. The molecule has 19 heavy (non-hydrogen) atoms. The van der Waals surface area contributed by atoms with Crippen molar-refractivity contribution >= 4 is 15.9 Å². The predicted molar refractivity (Wildman–Crippen MR) is 67.8 cm³/mol. The van der Waals surface area contributed by atoms with E-state index in [2.05, 4.69) is 9.88 Å². The number of hydrogen-bond acceptors (Lipinski definition) is 5. The fourth-order valence-electron chi connectivity index (χ4n) is 2.20. The second-order valence-electron chi connectivity index (χ2n) is 4.71. The van der Waals surface area contributed by atoms with Gasteiger partial charge in [0.15, 0.2) is 5.76 Å². The van der Waals surface area contributed by atoms with Crippen molar-refractivity contribution in [3.05, 3.63) is 17.5 Å². The highest BCUT2D eigenvalue weighted by Gasteiger charge is 2.32. The highest BCUT2D eigenvalue weighted by molar-refractivity contribution is 7.88. The van der Waals surface area contributed by atoms with Crippen molar-refractivity contribution in [2.45, 2.75) is 25.8 Å². The second kappa shape index (κ2) is 5.30. The molecule has 0 bridgehead atoms. The molecule has 1 saturated heterocycles. The van der Waals surface area contributed by atoms with E-state index in [1.807, 2.05) is 6.92 Å². The molecular formula is C11H17N3O4S. The van der Waals surface area contributed by atoms with E-state index in [0.717, 1.165) is 24.8 Å². The molecule has 1 amide bonds. The van der Waals surface area contributed by atoms with Gasteiger partial charge in [0, 0.05) is 12.6 Å². The number of hydrogen-bond donors (Lipinski definition) is 1. The molecule has 0 saturated carbocycles. The van der Waals surface area contributed by atoms with Crippen LogP contribution in [-0.2, 0) is 14.8 Å². The summed E-state index contributed by atoms with van der Waals surface area (Å²) < 4.78 is 29.4. The van der Waals surface area contributed by atoms with Crippen LogP contribution < -0.4 is 4.72 Å². The molecule has 0 aromatic carbocycles. The zero-order valence-electron chi connectivity index (χ0n) is 10.9. The number of carbonyl (C=O) groups is 1. The van der Waals surface area contributed by atoms with Crippen LogP contribution in [0.25, 0.3) is 0 Å². The molecule has 1 aromatic heterocycles. The number of aryl methyl sites for hydroxylation is 1. The summed E-state index contributed by atoms with van der Waals surface area (Å²) in [6.45, 7) is 2.20. The van der Waals surface area contributed by atoms with Crippen molar-refractivity contribution < 1.29 is 17.7 Å². The Morgan fingerprint density at radius 1 is 1.63 bits per heavy atom. The molecule has 8 heteroatoms. The minimum atomic E-state index is -3.36. The second-order valence-corrected chi connectivity index (χ2v) is 6.54. The summed E-state index contributed by atoms with van der Waals surface area (Å²) in [6, 6.07) is 1.66. The van der Waals surface area contributed by atoms with Crippen molar-refractivity contribution in [2.75, 3.05) is 19.3 Å². The Balaban J connectivity index is 2.04. The number of carbonyl (C=O) groups excluding carboxylic acids is 1. The third kappa shape index (κ3) is 3.54.